The van der Waals surface area contributed by atoms with Crippen molar-refractivity contribution < 1.29 is 9.32 Å². The number of aromatic nitrogens is 2. The highest BCUT2D eigenvalue weighted by atomic mass is 16.5. The molecule has 1 fully saturated rings. The first-order chi connectivity index (χ1) is 15.9. The number of benzene rings is 2. The van der Waals surface area contributed by atoms with E-state index in [-0.39, 0.29) is 11.8 Å². The minimum atomic E-state index is -0.309. The summed E-state index contributed by atoms with van der Waals surface area (Å²) in [7, 11) is 3.97. The Morgan fingerprint density at radius 2 is 1.85 bits per heavy atom. The fourth-order valence-electron chi connectivity index (χ4n) is 4.21. The number of nitrogens with one attached hydrogen (secondary N) is 1. The van der Waals surface area contributed by atoms with E-state index in [4.69, 9.17) is 4.52 Å². The number of rotatable bonds is 7. The molecule has 174 valence electrons. The Labute approximate surface area is 195 Å². The SMILES string of the molecule is Cc1ccc(C)c(CN2CCC(CNC(=O)c3nc(-c4ccc(N(C)C)cc4)no3)CC2)c1. The van der Waals surface area contributed by atoms with Crippen molar-refractivity contribution >= 4 is 11.6 Å². The first-order valence-electron chi connectivity index (χ1n) is 11.6. The summed E-state index contributed by atoms with van der Waals surface area (Å²) in [6.45, 7) is 8.03. The molecule has 0 saturated carbocycles. The van der Waals surface area contributed by atoms with Crippen LogP contribution in [0.2, 0.25) is 0 Å². The maximum Gasteiger partial charge on any atom is 0.316 e. The van der Waals surface area contributed by atoms with Crippen LogP contribution >= 0.6 is 0 Å². The summed E-state index contributed by atoms with van der Waals surface area (Å²) in [4.78, 5) is 21.3. The molecule has 4 rings (SSSR count). The largest absolute Gasteiger partial charge is 0.378 e. The molecule has 0 aliphatic carbocycles. The van der Waals surface area contributed by atoms with Crippen LogP contribution in [0.25, 0.3) is 11.4 Å². The van der Waals surface area contributed by atoms with Crippen LogP contribution in [0.1, 0.15) is 40.2 Å². The summed E-state index contributed by atoms with van der Waals surface area (Å²) in [5.41, 5.74) is 5.97. The summed E-state index contributed by atoms with van der Waals surface area (Å²) in [5, 5.41) is 6.95. The van der Waals surface area contributed by atoms with Gasteiger partial charge in [0.25, 0.3) is 0 Å². The van der Waals surface area contributed by atoms with Crippen LogP contribution in [0, 0.1) is 19.8 Å². The van der Waals surface area contributed by atoms with Gasteiger partial charge in [-0.1, -0.05) is 28.9 Å². The zero-order chi connectivity index (χ0) is 23.4. The van der Waals surface area contributed by atoms with Gasteiger partial charge in [0.05, 0.1) is 0 Å². The zero-order valence-corrected chi connectivity index (χ0v) is 20.0. The number of hydrogen-bond acceptors (Lipinski definition) is 6. The van der Waals surface area contributed by atoms with E-state index in [0.717, 1.165) is 43.7 Å². The molecule has 1 saturated heterocycles. The number of carbonyl (C=O) groups is 1. The van der Waals surface area contributed by atoms with E-state index in [1.165, 1.54) is 16.7 Å². The molecule has 2 aromatic carbocycles. The third-order valence-electron chi connectivity index (χ3n) is 6.42. The van der Waals surface area contributed by atoms with Gasteiger partial charge in [-0.15, -0.1) is 0 Å². The first-order valence-corrected chi connectivity index (χ1v) is 11.6. The molecule has 1 N–H and O–H groups in total. The third kappa shape index (κ3) is 5.79. The highest BCUT2D eigenvalue weighted by Gasteiger charge is 2.22. The van der Waals surface area contributed by atoms with Crippen LogP contribution in [0.15, 0.2) is 47.0 Å². The molecule has 3 aromatic rings. The summed E-state index contributed by atoms with van der Waals surface area (Å²) < 4.78 is 5.21. The van der Waals surface area contributed by atoms with Crippen molar-refractivity contribution in [1.29, 1.82) is 0 Å². The highest BCUT2D eigenvalue weighted by Crippen LogP contribution is 2.22. The smallest absolute Gasteiger partial charge is 0.316 e. The third-order valence-corrected chi connectivity index (χ3v) is 6.42. The lowest BCUT2D eigenvalue weighted by Gasteiger charge is -2.32. The van der Waals surface area contributed by atoms with Crippen LogP contribution in [0.3, 0.4) is 0 Å². The van der Waals surface area contributed by atoms with Gasteiger partial charge in [0.15, 0.2) is 0 Å². The summed E-state index contributed by atoms with van der Waals surface area (Å²) in [5.74, 6) is 0.584. The summed E-state index contributed by atoms with van der Waals surface area (Å²) >= 11 is 0. The van der Waals surface area contributed by atoms with E-state index >= 15 is 0 Å². The Morgan fingerprint density at radius 3 is 2.55 bits per heavy atom. The molecule has 1 aromatic heterocycles. The van der Waals surface area contributed by atoms with Gasteiger partial charge in [-0.3, -0.25) is 9.69 Å². The molecule has 0 unspecified atom stereocenters. The fourth-order valence-corrected chi connectivity index (χ4v) is 4.21. The van der Waals surface area contributed by atoms with Crippen LogP contribution in [0.5, 0.6) is 0 Å². The van der Waals surface area contributed by atoms with Gasteiger partial charge in [-0.05, 0) is 81.1 Å². The normalized spacial score (nSPS) is 14.9. The van der Waals surface area contributed by atoms with Crippen LogP contribution in [0.4, 0.5) is 5.69 Å². The predicted molar refractivity (Wildman–Crippen MR) is 130 cm³/mol. The van der Waals surface area contributed by atoms with Crippen molar-refractivity contribution in [3.8, 4) is 11.4 Å². The van der Waals surface area contributed by atoms with Crippen molar-refractivity contribution in [3.63, 3.8) is 0 Å². The average Bonchev–Trinajstić information content (AvgIpc) is 3.31. The maximum absolute atomic E-state index is 12.5. The Balaban J connectivity index is 1.25. The lowest BCUT2D eigenvalue weighted by atomic mass is 9.96. The maximum atomic E-state index is 12.5. The van der Waals surface area contributed by atoms with Gasteiger partial charge >= 0.3 is 11.8 Å². The van der Waals surface area contributed by atoms with Gasteiger partial charge in [-0.25, -0.2) is 0 Å². The Bertz CT molecular complexity index is 1080. The second kappa shape index (κ2) is 10.2. The molecule has 0 spiro atoms. The van der Waals surface area contributed by atoms with E-state index in [1.807, 2.05) is 43.3 Å². The minimum absolute atomic E-state index is 0.00837. The molecule has 7 heteroatoms. The Morgan fingerprint density at radius 1 is 1.12 bits per heavy atom. The van der Waals surface area contributed by atoms with Gasteiger partial charge in [0.1, 0.15) is 0 Å². The molecule has 1 aliphatic heterocycles. The van der Waals surface area contributed by atoms with Crippen molar-refractivity contribution in [2.45, 2.75) is 33.2 Å². The summed E-state index contributed by atoms with van der Waals surface area (Å²) in [6, 6.07) is 14.5. The molecule has 0 bridgehead atoms. The lowest BCUT2D eigenvalue weighted by Crippen LogP contribution is -2.38. The van der Waals surface area contributed by atoms with Crippen LogP contribution in [-0.4, -0.2) is 54.7 Å². The topological polar surface area (TPSA) is 74.5 Å². The Kier molecular flexibility index (Phi) is 7.08. The fraction of sp³-hybridized carbons (Fsp3) is 0.423. The van der Waals surface area contributed by atoms with Crippen molar-refractivity contribution in [1.82, 2.24) is 20.4 Å². The minimum Gasteiger partial charge on any atom is -0.378 e. The molecule has 1 aliphatic rings. The summed E-state index contributed by atoms with van der Waals surface area (Å²) in [6.07, 6.45) is 2.14. The van der Waals surface area contributed by atoms with Gasteiger partial charge < -0.3 is 14.7 Å². The standard InChI is InChI=1S/C26H33N5O2/c1-18-5-6-19(2)22(15-18)17-31-13-11-20(12-14-31)16-27-25(32)26-28-24(29-33-26)21-7-9-23(10-8-21)30(3)4/h5-10,15,20H,11-14,16-17H2,1-4H3,(H,27,32). The molecule has 0 atom stereocenters. The van der Waals surface area contributed by atoms with E-state index in [1.54, 1.807) is 0 Å². The number of piperidine rings is 1. The number of amides is 1. The molecule has 1 amide bonds. The van der Waals surface area contributed by atoms with Crippen LogP contribution in [-0.2, 0) is 6.54 Å². The number of likely N-dealkylation sites (tertiary alicyclic amines) is 1. The van der Waals surface area contributed by atoms with Crippen molar-refractivity contribution in [3.05, 3.63) is 65.0 Å². The Hall–Kier alpha value is -3.19. The lowest BCUT2D eigenvalue weighted by molar-refractivity contribution is 0.0891. The molecular weight excluding hydrogens is 414 g/mol. The number of hydrogen-bond donors (Lipinski definition) is 1. The number of nitrogens with zero attached hydrogens (tertiary/aromatic N) is 4. The number of aryl methyl sites for hydroxylation is 2. The quantitative estimate of drug-likeness (QED) is 0.589. The van der Waals surface area contributed by atoms with Gasteiger partial charge in [0.2, 0.25) is 5.82 Å². The number of anilines is 1. The predicted octanol–water partition coefficient (Wildman–Crippen LogP) is 4.06. The highest BCUT2D eigenvalue weighted by molar-refractivity contribution is 5.89. The van der Waals surface area contributed by atoms with E-state index in [0.29, 0.717) is 18.3 Å². The average molecular weight is 448 g/mol. The number of carbonyl (C=O) groups excluding carboxylic acids is 1. The van der Waals surface area contributed by atoms with E-state index < -0.39 is 0 Å². The van der Waals surface area contributed by atoms with Gasteiger partial charge in [-0.2, -0.15) is 4.98 Å². The van der Waals surface area contributed by atoms with E-state index in [2.05, 4.69) is 52.4 Å². The molecule has 7 nitrogen and oxygen atoms in total. The monoisotopic (exact) mass is 447 g/mol. The van der Waals surface area contributed by atoms with E-state index in [9.17, 15) is 4.79 Å². The molecule has 0 radical (unpaired) electrons. The molecule has 2 heterocycles. The second-order valence-corrected chi connectivity index (χ2v) is 9.22. The van der Waals surface area contributed by atoms with Gasteiger partial charge in [0, 0.05) is 38.4 Å². The first kappa shape index (κ1) is 23.0. The van der Waals surface area contributed by atoms with Crippen LogP contribution < -0.4 is 10.2 Å². The second-order valence-electron chi connectivity index (χ2n) is 9.22. The van der Waals surface area contributed by atoms with Crippen molar-refractivity contribution in [2.24, 2.45) is 5.92 Å². The molecular formula is C26H33N5O2. The van der Waals surface area contributed by atoms with Crippen molar-refractivity contribution in [2.75, 3.05) is 38.6 Å². The molecule has 33 heavy (non-hydrogen) atoms. The zero-order valence-electron chi connectivity index (χ0n) is 20.0.